The number of ether oxygens (including phenoxy) is 1. The van der Waals surface area contributed by atoms with Gasteiger partial charge in [-0.15, -0.1) is 0 Å². The van der Waals surface area contributed by atoms with Crippen molar-refractivity contribution in [3.8, 4) is 17.6 Å². The van der Waals surface area contributed by atoms with Crippen LogP contribution < -0.4 is 10.5 Å². The predicted molar refractivity (Wildman–Crippen MR) is 74.3 cm³/mol. The number of benzene rings is 2. The highest BCUT2D eigenvalue weighted by Crippen LogP contribution is 2.32. The summed E-state index contributed by atoms with van der Waals surface area (Å²) in [4.78, 5) is 0. The molecule has 0 bridgehead atoms. The van der Waals surface area contributed by atoms with E-state index >= 15 is 0 Å². The molecule has 0 fully saturated rings. The van der Waals surface area contributed by atoms with Gasteiger partial charge in [-0.2, -0.15) is 5.26 Å². The molecule has 0 aliphatic heterocycles. The highest BCUT2D eigenvalue weighted by Gasteiger charge is 2.08. The van der Waals surface area contributed by atoms with Gasteiger partial charge in [0.1, 0.15) is 11.6 Å². The molecule has 3 nitrogen and oxygen atoms in total. The van der Waals surface area contributed by atoms with Crippen molar-refractivity contribution in [1.29, 1.82) is 5.26 Å². The van der Waals surface area contributed by atoms with E-state index in [1.54, 1.807) is 24.3 Å². The number of nitrogen functional groups attached to an aromatic ring is 1. The monoisotopic (exact) mass is 320 g/mol. The maximum Gasteiger partial charge on any atom is 0.151 e. The van der Waals surface area contributed by atoms with Gasteiger partial charge in [0.05, 0.1) is 22.7 Å². The fraction of sp³-hybridized carbons (Fsp3) is 0.0714. The van der Waals surface area contributed by atoms with E-state index in [0.29, 0.717) is 17.9 Å². The summed E-state index contributed by atoms with van der Waals surface area (Å²) in [6.07, 6.45) is 0.352. The van der Waals surface area contributed by atoms with Gasteiger partial charge in [0.25, 0.3) is 0 Å². The molecule has 0 aromatic heterocycles. The minimum absolute atomic E-state index is 0.224. The van der Waals surface area contributed by atoms with Gasteiger partial charge in [-0.25, -0.2) is 4.39 Å². The largest absolute Gasteiger partial charge is 0.455 e. The van der Waals surface area contributed by atoms with Gasteiger partial charge in [0.2, 0.25) is 0 Å². The first-order valence-electron chi connectivity index (χ1n) is 5.48. The van der Waals surface area contributed by atoms with Crippen LogP contribution in [0.15, 0.2) is 40.9 Å². The average molecular weight is 321 g/mol. The van der Waals surface area contributed by atoms with E-state index in [2.05, 4.69) is 22.0 Å². The van der Waals surface area contributed by atoms with Crippen molar-refractivity contribution in [3.63, 3.8) is 0 Å². The quantitative estimate of drug-likeness (QED) is 0.868. The lowest BCUT2D eigenvalue weighted by Gasteiger charge is -2.09. The van der Waals surface area contributed by atoms with E-state index in [0.717, 1.165) is 5.56 Å². The molecule has 2 aromatic rings. The molecular formula is C14H10BrFN2O. The number of nitrogens with zero attached hydrogens (tertiary/aromatic N) is 1. The molecule has 2 aromatic carbocycles. The zero-order valence-corrected chi connectivity index (χ0v) is 11.4. The smallest absolute Gasteiger partial charge is 0.151 e. The van der Waals surface area contributed by atoms with Gasteiger partial charge in [0, 0.05) is 12.1 Å². The fourth-order valence-corrected chi connectivity index (χ4v) is 1.85. The van der Waals surface area contributed by atoms with Crippen LogP contribution in [0.4, 0.5) is 10.1 Å². The third kappa shape index (κ3) is 3.24. The standard InChI is InChI=1S/C14H10BrFN2O/c15-11-7-14(13(18)8-12(11)16)19-10-3-1-9(2-4-10)5-6-17/h1-4,7-8H,5,18H2. The summed E-state index contributed by atoms with van der Waals surface area (Å²) >= 11 is 3.08. The van der Waals surface area contributed by atoms with Crippen LogP contribution in [-0.2, 0) is 6.42 Å². The normalized spacial score (nSPS) is 9.95. The molecule has 0 aliphatic carbocycles. The van der Waals surface area contributed by atoms with Gasteiger partial charge in [-0.05, 0) is 33.6 Å². The van der Waals surface area contributed by atoms with Crippen LogP contribution in [0.25, 0.3) is 0 Å². The first-order valence-corrected chi connectivity index (χ1v) is 6.27. The zero-order valence-electron chi connectivity index (χ0n) is 9.86. The molecule has 5 heteroatoms. The van der Waals surface area contributed by atoms with E-state index in [4.69, 9.17) is 15.7 Å². The summed E-state index contributed by atoms with van der Waals surface area (Å²) in [5, 5.41) is 8.58. The fourth-order valence-electron chi connectivity index (χ4n) is 1.53. The van der Waals surface area contributed by atoms with E-state index in [1.807, 2.05) is 0 Å². The Morgan fingerprint density at radius 1 is 1.26 bits per heavy atom. The van der Waals surface area contributed by atoms with Gasteiger partial charge >= 0.3 is 0 Å². The molecule has 2 rings (SSSR count). The van der Waals surface area contributed by atoms with Crippen molar-refractivity contribution in [2.24, 2.45) is 0 Å². The Labute approximate surface area is 118 Å². The van der Waals surface area contributed by atoms with Gasteiger partial charge in [0.15, 0.2) is 5.75 Å². The Kier molecular flexibility index (Phi) is 4.03. The summed E-state index contributed by atoms with van der Waals surface area (Å²) in [5.74, 6) is 0.516. The van der Waals surface area contributed by atoms with Crippen LogP contribution in [0.1, 0.15) is 5.56 Å². The molecule has 0 saturated carbocycles. The molecule has 0 radical (unpaired) electrons. The topological polar surface area (TPSA) is 59.0 Å². The number of hydrogen-bond donors (Lipinski definition) is 1. The number of hydrogen-bond acceptors (Lipinski definition) is 3. The lowest BCUT2D eigenvalue weighted by Crippen LogP contribution is -1.94. The molecule has 0 unspecified atom stereocenters. The molecule has 2 N–H and O–H groups in total. The first kappa shape index (κ1) is 13.4. The average Bonchev–Trinajstić information content (AvgIpc) is 2.38. The van der Waals surface area contributed by atoms with Crippen molar-refractivity contribution >= 4 is 21.6 Å². The van der Waals surface area contributed by atoms with E-state index in [1.165, 1.54) is 12.1 Å². The zero-order chi connectivity index (χ0) is 13.8. The van der Waals surface area contributed by atoms with Crippen LogP contribution in [-0.4, -0.2) is 0 Å². The molecule has 0 saturated heterocycles. The molecule has 0 heterocycles. The van der Waals surface area contributed by atoms with Crippen molar-refractivity contribution < 1.29 is 9.13 Å². The highest BCUT2D eigenvalue weighted by atomic mass is 79.9. The summed E-state index contributed by atoms with van der Waals surface area (Å²) in [7, 11) is 0. The predicted octanol–water partition coefficient (Wildman–Crippen LogP) is 4.03. The number of nitrogens with two attached hydrogens (primary N) is 1. The minimum atomic E-state index is -0.436. The second-order valence-corrected chi connectivity index (χ2v) is 4.74. The summed E-state index contributed by atoms with van der Waals surface area (Å²) in [5.41, 5.74) is 6.82. The number of nitriles is 1. The van der Waals surface area contributed by atoms with Crippen molar-refractivity contribution in [2.45, 2.75) is 6.42 Å². The minimum Gasteiger partial charge on any atom is -0.455 e. The van der Waals surface area contributed by atoms with Gasteiger partial charge < -0.3 is 10.5 Å². The SMILES string of the molecule is N#CCc1ccc(Oc2cc(Br)c(F)cc2N)cc1. The highest BCUT2D eigenvalue weighted by molar-refractivity contribution is 9.10. The Balaban J connectivity index is 2.22. The molecule has 19 heavy (non-hydrogen) atoms. The van der Waals surface area contributed by atoms with Gasteiger partial charge in [-0.1, -0.05) is 12.1 Å². The molecule has 96 valence electrons. The lowest BCUT2D eigenvalue weighted by molar-refractivity contribution is 0.482. The Morgan fingerprint density at radius 2 is 1.95 bits per heavy atom. The third-order valence-electron chi connectivity index (χ3n) is 2.49. The van der Waals surface area contributed by atoms with E-state index in [9.17, 15) is 4.39 Å². The molecule has 0 amide bonds. The van der Waals surface area contributed by atoms with Crippen molar-refractivity contribution in [1.82, 2.24) is 0 Å². The lowest BCUT2D eigenvalue weighted by atomic mass is 10.2. The number of anilines is 1. The molecular weight excluding hydrogens is 311 g/mol. The number of halogens is 2. The second-order valence-electron chi connectivity index (χ2n) is 3.89. The van der Waals surface area contributed by atoms with E-state index < -0.39 is 5.82 Å². The maximum absolute atomic E-state index is 13.2. The Morgan fingerprint density at radius 3 is 2.58 bits per heavy atom. The first-order chi connectivity index (χ1) is 9.10. The molecule has 0 spiro atoms. The summed E-state index contributed by atoms with van der Waals surface area (Å²) in [6.45, 7) is 0. The van der Waals surface area contributed by atoms with Crippen LogP contribution in [0.5, 0.6) is 11.5 Å². The number of rotatable bonds is 3. The Bertz CT molecular complexity index is 635. The summed E-state index contributed by atoms with van der Waals surface area (Å²) in [6, 6.07) is 11.8. The summed E-state index contributed by atoms with van der Waals surface area (Å²) < 4.78 is 19.1. The van der Waals surface area contributed by atoms with Crippen molar-refractivity contribution in [2.75, 3.05) is 5.73 Å². The maximum atomic E-state index is 13.2. The van der Waals surface area contributed by atoms with Crippen LogP contribution in [0.3, 0.4) is 0 Å². The molecule has 0 aliphatic rings. The van der Waals surface area contributed by atoms with Crippen LogP contribution >= 0.6 is 15.9 Å². The third-order valence-corrected chi connectivity index (χ3v) is 3.09. The Hall–Kier alpha value is -2.06. The van der Waals surface area contributed by atoms with Crippen LogP contribution in [0.2, 0.25) is 0 Å². The second kappa shape index (κ2) is 5.72. The van der Waals surface area contributed by atoms with Gasteiger partial charge in [-0.3, -0.25) is 0 Å². The van der Waals surface area contributed by atoms with Crippen molar-refractivity contribution in [3.05, 3.63) is 52.3 Å². The van der Waals surface area contributed by atoms with Crippen LogP contribution in [0, 0.1) is 17.1 Å². The molecule has 0 atom stereocenters. The van der Waals surface area contributed by atoms with E-state index in [-0.39, 0.29) is 10.2 Å².